The Morgan fingerprint density at radius 3 is 2.14 bits per heavy atom. The first-order valence-corrected chi connectivity index (χ1v) is 9.25. The van der Waals surface area contributed by atoms with Crippen molar-refractivity contribution in [2.45, 2.75) is 12.7 Å². The number of halogens is 3. The van der Waals surface area contributed by atoms with Gasteiger partial charge in [0.2, 0.25) is 5.91 Å². The van der Waals surface area contributed by atoms with E-state index in [1.54, 1.807) is 0 Å². The van der Waals surface area contributed by atoms with Crippen LogP contribution in [-0.2, 0) is 17.5 Å². The summed E-state index contributed by atoms with van der Waals surface area (Å²) in [5, 5.41) is 0. The summed E-state index contributed by atoms with van der Waals surface area (Å²) in [5.74, 6) is 0.0838. The first-order chi connectivity index (χ1) is 13.3. The molecule has 4 nitrogen and oxygen atoms in total. The van der Waals surface area contributed by atoms with Crippen LogP contribution in [-0.4, -0.2) is 55.5 Å². The number of para-hydroxylation sites is 1. The Hall–Kier alpha value is -2.54. The maximum absolute atomic E-state index is 12.6. The minimum Gasteiger partial charge on any atom is -0.365 e. The van der Waals surface area contributed by atoms with Crippen LogP contribution in [0.3, 0.4) is 0 Å². The maximum atomic E-state index is 12.6. The van der Waals surface area contributed by atoms with E-state index >= 15 is 0 Å². The predicted octanol–water partition coefficient (Wildman–Crippen LogP) is 3.49. The molecule has 0 radical (unpaired) electrons. The van der Waals surface area contributed by atoms with Gasteiger partial charge in [-0.25, -0.2) is 0 Å². The highest BCUT2D eigenvalue weighted by Gasteiger charge is 2.30. The van der Waals surface area contributed by atoms with E-state index in [1.165, 1.54) is 12.1 Å². The third-order valence-electron chi connectivity index (χ3n) is 4.98. The van der Waals surface area contributed by atoms with Crippen molar-refractivity contribution in [1.29, 1.82) is 0 Å². The third-order valence-corrected chi connectivity index (χ3v) is 4.98. The van der Waals surface area contributed by atoms with Gasteiger partial charge in [0.15, 0.2) is 0 Å². The fraction of sp³-hybridized carbons (Fsp3) is 0.381. The van der Waals surface area contributed by atoms with Crippen LogP contribution in [0, 0.1) is 0 Å². The quantitative estimate of drug-likeness (QED) is 0.781. The molecule has 2 aromatic rings. The number of alkyl halides is 3. The lowest BCUT2D eigenvalue weighted by Crippen LogP contribution is -2.50. The average molecular weight is 391 g/mol. The molecule has 0 unspecified atom stereocenters. The molecule has 0 N–H and O–H groups in total. The van der Waals surface area contributed by atoms with Crippen molar-refractivity contribution in [3.63, 3.8) is 0 Å². The molecule has 0 atom stereocenters. The summed E-state index contributed by atoms with van der Waals surface area (Å²) >= 11 is 0. The van der Waals surface area contributed by atoms with Crippen molar-refractivity contribution < 1.29 is 18.0 Å². The molecule has 2 aromatic carbocycles. The molecule has 0 bridgehead atoms. The Balaban J connectivity index is 1.47. The van der Waals surface area contributed by atoms with Crippen molar-refractivity contribution in [2.24, 2.45) is 0 Å². The number of hydrogen-bond acceptors (Lipinski definition) is 3. The SMILES string of the molecule is CN(CC(=O)N1CCN(Cc2ccc(C(F)(F)F)cc2)CC1)c1ccccc1. The molecule has 150 valence electrons. The highest BCUT2D eigenvalue weighted by molar-refractivity contribution is 5.81. The van der Waals surface area contributed by atoms with E-state index in [2.05, 4.69) is 4.90 Å². The third kappa shape index (κ3) is 5.25. The standard InChI is InChI=1S/C21H24F3N3O/c1-25(19-5-3-2-4-6-19)16-20(28)27-13-11-26(12-14-27)15-17-7-9-18(10-8-17)21(22,23)24/h2-10H,11-16H2,1H3. The van der Waals surface area contributed by atoms with E-state index in [1.807, 2.05) is 47.2 Å². The summed E-state index contributed by atoms with van der Waals surface area (Å²) in [6.45, 7) is 3.58. The highest BCUT2D eigenvalue weighted by atomic mass is 19.4. The second kappa shape index (κ2) is 8.65. The molecule has 1 aliphatic heterocycles. The highest BCUT2D eigenvalue weighted by Crippen LogP contribution is 2.29. The number of likely N-dealkylation sites (N-methyl/N-ethyl adjacent to an activating group) is 1. The van der Waals surface area contributed by atoms with Gasteiger partial charge >= 0.3 is 6.18 Å². The average Bonchev–Trinajstić information content (AvgIpc) is 2.69. The van der Waals surface area contributed by atoms with Gasteiger partial charge in [-0.05, 0) is 29.8 Å². The zero-order valence-corrected chi connectivity index (χ0v) is 15.8. The number of piperazine rings is 1. The van der Waals surface area contributed by atoms with E-state index in [4.69, 9.17) is 0 Å². The number of rotatable bonds is 5. The molecule has 1 saturated heterocycles. The molecule has 1 fully saturated rings. The minimum atomic E-state index is -4.31. The molecular weight excluding hydrogens is 367 g/mol. The van der Waals surface area contributed by atoms with E-state index in [0.29, 0.717) is 39.3 Å². The van der Waals surface area contributed by atoms with E-state index in [9.17, 15) is 18.0 Å². The number of hydrogen-bond donors (Lipinski definition) is 0. The Morgan fingerprint density at radius 2 is 1.57 bits per heavy atom. The van der Waals surface area contributed by atoms with Crippen LogP contribution in [0.2, 0.25) is 0 Å². The smallest absolute Gasteiger partial charge is 0.365 e. The predicted molar refractivity (Wildman–Crippen MR) is 103 cm³/mol. The Morgan fingerprint density at radius 1 is 0.964 bits per heavy atom. The first-order valence-electron chi connectivity index (χ1n) is 9.25. The van der Waals surface area contributed by atoms with Crippen molar-refractivity contribution in [3.8, 4) is 0 Å². The van der Waals surface area contributed by atoms with Gasteiger partial charge in [0.25, 0.3) is 0 Å². The van der Waals surface area contributed by atoms with E-state index < -0.39 is 11.7 Å². The van der Waals surface area contributed by atoms with E-state index in [-0.39, 0.29) is 5.91 Å². The monoisotopic (exact) mass is 391 g/mol. The molecule has 0 spiro atoms. The van der Waals surface area contributed by atoms with Crippen LogP contribution in [0.1, 0.15) is 11.1 Å². The first kappa shape index (κ1) is 20.2. The van der Waals surface area contributed by atoms with Gasteiger partial charge in [-0.1, -0.05) is 30.3 Å². The molecule has 0 saturated carbocycles. The number of carbonyl (C=O) groups excluding carboxylic acids is 1. The molecule has 0 aliphatic carbocycles. The second-order valence-electron chi connectivity index (χ2n) is 7.04. The lowest BCUT2D eigenvalue weighted by atomic mass is 10.1. The second-order valence-corrected chi connectivity index (χ2v) is 7.04. The lowest BCUT2D eigenvalue weighted by molar-refractivity contribution is -0.137. The molecule has 3 rings (SSSR count). The van der Waals surface area contributed by atoms with Crippen LogP contribution in [0.4, 0.5) is 18.9 Å². The van der Waals surface area contributed by atoms with Gasteiger partial charge in [0.05, 0.1) is 12.1 Å². The Bertz CT molecular complexity index is 770. The molecule has 1 heterocycles. The van der Waals surface area contributed by atoms with Gasteiger partial charge in [0.1, 0.15) is 0 Å². The molecule has 0 aromatic heterocycles. The van der Waals surface area contributed by atoms with Gasteiger partial charge < -0.3 is 9.80 Å². The normalized spacial score (nSPS) is 15.5. The Labute approximate surface area is 163 Å². The minimum absolute atomic E-state index is 0.0838. The Kier molecular flexibility index (Phi) is 6.24. The van der Waals surface area contributed by atoms with Crippen LogP contribution < -0.4 is 4.90 Å². The largest absolute Gasteiger partial charge is 0.416 e. The fourth-order valence-corrected chi connectivity index (χ4v) is 3.29. The van der Waals surface area contributed by atoms with Crippen LogP contribution >= 0.6 is 0 Å². The zero-order valence-electron chi connectivity index (χ0n) is 15.8. The molecule has 7 heteroatoms. The number of nitrogens with zero attached hydrogens (tertiary/aromatic N) is 3. The van der Waals surface area contributed by atoms with Gasteiger partial charge in [-0.15, -0.1) is 0 Å². The van der Waals surface area contributed by atoms with Crippen molar-refractivity contribution in [3.05, 3.63) is 65.7 Å². The van der Waals surface area contributed by atoms with Crippen LogP contribution in [0.5, 0.6) is 0 Å². The number of anilines is 1. The van der Waals surface area contributed by atoms with Crippen molar-refractivity contribution >= 4 is 11.6 Å². The fourth-order valence-electron chi connectivity index (χ4n) is 3.29. The van der Waals surface area contributed by atoms with Crippen LogP contribution in [0.25, 0.3) is 0 Å². The maximum Gasteiger partial charge on any atom is 0.416 e. The molecule has 28 heavy (non-hydrogen) atoms. The summed E-state index contributed by atoms with van der Waals surface area (Å²) in [6.07, 6.45) is -4.31. The number of amides is 1. The lowest BCUT2D eigenvalue weighted by Gasteiger charge is -2.35. The summed E-state index contributed by atoms with van der Waals surface area (Å²) < 4.78 is 37.9. The van der Waals surface area contributed by atoms with Crippen LogP contribution in [0.15, 0.2) is 54.6 Å². The topological polar surface area (TPSA) is 26.8 Å². The summed E-state index contributed by atoms with van der Waals surface area (Å²) in [5.41, 5.74) is 1.21. The molecular formula is C21H24F3N3O. The molecule has 1 aliphatic rings. The number of carbonyl (C=O) groups is 1. The summed E-state index contributed by atoms with van der Waals surface area (Å²) in [7, 11) is 1.90. The van der Waals surface area contributed by atoms with Crippen molar-refractivity contribution in [1.82, 2.24) is 9.80 Å². The number of benzene rings is 2. The van der Waals surface area contributed by atoms with Gasteiger partial charge in [0, 0.05) is 45.5 Å². The summed E-state index contributed by atoms with van der Waals surface area (Å²) in [4.78, 5) is 18.5. The van der Waals surface area contributed by atoms with E-state index in [0.717, 1.165) is 23.4 Å². The van der Waals surface area contributed by atoms with Gasteiger partial charge in [-0.2, -0.15) is 13.2 Å². The summed E-state index contributed by atoms with van der Waals surface area (Å²) in [6, 6.07) is 15.0. The van der Waals surface area contributed by atoms with Gasteiger partial charge in [-0.3, -0.25) is 9.69 Å². The zero-order chi connectivity index (χ0) is 20.1. The molecule has 1 amide bonds. The van der Waals surface area contributed by atoms with Crippen molar-refractivity contribution in [2.75, 3.05) is 44.7 Å².